The molecule has 5 rings (SSSR count). The number of ether oxygens (including phenoxy) is 1. The number of imidazole rings is 1. The molecule has 0 aliphatic carbocycles. The zero-order valence-corrected chi connectivity index (χ0v) is 21.5. The van der Waals surface area contributed by atoms with E-state index < -0.39 is 27.7 Å². The molecule has 1 saturated heterocycles. The zero-order valence-electron chi connectivity index (χ0n) is 19.9. The Morgan fingerprint density at radius 2 is 1.81 bits per heavy atom. The molecule has 1 aliphatic rings. The average molecular weight is 541 g/mol. The first-order chi connectivity index (χ1) is 17.8. The Morgan fingerprint density at radius 1 is 1.08 bits per heavy atom. The molecule has 0 saturated carbocycles. The first-order valence-corrected chi connectivity index (χ1v) is 13.5. The minimum Gasteiger partial charge on any atom is -0.497 e. The standard InChI is InChI=1S/C26H25ClN4O5S/c1-36-20-8-10-21(11-9-20)37(34,35)31-22-12-7-18(27)15-23(22)30(26(31)33)24(17-5-3-2-4-6-17)25(32)29-19-13-14-28-16-19/h2-12,15,19,24,28H,13-14,16H2,1H3,(H,29,32)/t19?,24-/m0/s1. The van der Waals surface area contributed by atoms with Crippen LogP contribution < -0.4 is 21.1 Å². The number of amides is 1. The molecule has 3 aromatic carbocycles. The van der Waals surface area contributed by atoms with Crippen LogP contribution in [0.5, 0.6) is 5.75 Å². The first-order valence-electron chi connectivity index (χ1n) is 11.7. The minimum absolute atomic E-state index is 0.0952. The lowest BCUT2D eigenvalue weighted by molar-refractivity contribution is -0.123. The fourth-order valence-electron chi connectivity index (χ4n) is 4.61. The number of carbonyl (C=O) groups excluding carboxylic acids is 1. The SMILES string of the molecule is COc1ccc(S(=O)(=O)n2c(=O)n([C@H](C(=O)NC3CCNC3)c3ccccc3)c3cc(Cl)ccc32)cc1. The molecule has 1 aromatic heterocycles. The molecule has 11 heteroatoms. The summed E-state index contributed by atoms with van der Waals surface area (Å²) in [6, 6.07) is 17.8. The van der Waals surface area contributed by atoms with E-state index in [0.29, 0.717) is 22.9 Å². The molecule has 1 amide bonds. The van der Waals surface area contributed by atoms with Crippen LogP contribution in [-0.4, -0.2) is 49.1 Å². The van der Waals surface area contributed by atoms with Crippen LogP contribution in [-0.2, 0) is 14.8 Å². The second-order valence-corrected chi connectivity index (χ2v) is 11.0. The molecule has 0 spiro atoms. The summed E-state index contributed by atoms with van der Waals surface area (Å²) in [4.78, 5) is 27.6. The third-order valence-corrected chi connectivity index (χ3v) is 8.36. The molecule has 0 radical (unpaired) electrons. The largest absolute Gasteiger partial charge is 0.497 e. The topological polar surface area (TPSA) is 111 Å². The van der Waals surface area contributed by atoms with Gasteiger partial charge in [0.05, 0.1) is 23.0 Å². The highest BCUT2D eigenvalue weighted by Gasteiger charge is 2.33. The molecule has 192 valence electrons. The second-order valence-electron chi connectivity index (χ2n) is 8.74. The van der Waals surface area contributed by atoms with Gasteiger partial charge in [0.15, 0.2) is 0 Å². The van der Waals surface area contributed by atoms with Gasteiger partial charge in [-0.05, 0) is 61.0 Å². The maximum absolute atomic E-state index is 14.0. The number of hydrogen-bond acceptors (Lipinski definition) is 6. The third-order valence-electron chi connectivity index (χ3n) is 6.42. The van der Waals surface area contributed by atoms with Crippen molar-refractivity contribution in [3.63, 3.8) is 0 Å². The van der Waals surface area contributed by atoms with Crippen molar-refractivity contribution in [2.45, 2.75) is 23.4 Å². The van der Waals surface area contributed by atoms with Gasteiger partial charge in [-0.2, -0.15) is 3.97 Å². The van der Waals surface area contributed by atoms with E-state index in [0.717, 1.165) is 16.9 Å². The van der Waals surface area contributed by atoms with Crippen molar-refractivity contribution in [2.24, 2.45) is 0 Å². The van der Waals surface area contributed by atoms with Gasteiger partial charge in [0.1, 0.15) is 11.8 Å². The number of halogens is 1. The number of nitrogens with zero attached hydrogens (tertiary/aromatic N) is 2. The molecule has 37 heavy (non-hydrogen) atoms. The molecule has 1 unspecified atom stereocenters. The Morgan fingerprint density at radius 3 is 2.46 bits per heavy atom. The van der Waals surface area contributed by atoms with Gasteiger partial charge < -0.3 is 15.4 Å². The summed E-state index contributed by atoms with van der Waals surface area (Å²) in [5, 5.41) is 6.51. The summed E-state index contributed by atoms with van der Waals surface area (Å²) in [6.45, 7) is 1.39. The van der Waals surface area contributed by atoms with Gasteiger partial charge in [0, 0.05) is 17.6 Å². The van der Waals surface area contributed by atoms with Crippen LogP contribution in [0.3, 0.4) is 0 Å². The van der Waals surface area contributed by atoms with Crippen LogP contribution in [0.25, 0.3) is 11.0 Å². The maximum atomic E-state index is 14.0. The van der Waals surface area contributed by atoms with Crippen LogP contribution >= 0.6 is 11.6 Å². The van der Waals surface area contributed by atoms with Crippen LogP contribution in [0.15, 0.2) is 82.5 Å². The highest BCUT2D eigenvalue weighted by molar-refractivity contribution is 7.90. The highest BCUT2D eigenvalue weighted by Crippen LogP contribution is 2.28. The van der Waals surface area contributed by atoms with E-state index in [1.807, 2.05) is 0 Å². The highest BCUT2D eigenvalue weighted by atomic mass is 35.5. The molecule has 1 aliphatic heterocycles. The lowest BCUT2D eigenvalue weighted by atomic mass is 10.0. The smallest absolute Gasteiger partial charge is 0.344 e. The van der Waals surface area contributed by atoms with Gasteiger partial charge in [-0.1, -0.05) is 41.9 Å². The lowest BCUT2D eigenvalue weighted by Crippen LogP contribution is -2.44. The molecular formula is C26H25ClN4O5S. The van der Waals surface area contributed by atoms with E-state index in [9.17, 15) is 18.0 Å². The van der Waals surface area contributed by atoms with E-state index in [1.54, 1.807) is 30.3 Å². The predicted octanol–water partition coefficient (Wildman–Crippen LogP) is 2.77. The van der Waals surface area contributed by atoms with Crippen molar-refractivity contribution in [3.05, 3.63) is 93.9 Å². The number of aromatic nitrogens is 2. The van der Waals surface area contributed by atoms with Crippen LogP contribution in [0.4, 0.5) is 0 Å². The predicted molar refractivity (Wildman–Crippen MR) is 141 cm³/mol. The maximum Gasteiger partial charge on any atom is 0.344 e. The molecule has 9 nitrogen and oxygen atoms in total. The van der Waals surface area contributed by atoms with Crippen molar-refractivity contribution in [1.82, 2.24) is 19.2 Å². The summed E-state index contributed by atoms with van der Waals surface area (Å²) in [5.74, 6) is 0.0607. The van der Waals surface area contributed by atoms with Gasteiger partial charge >= 0.3 is 5.69 Å². The fourth-order valence-corrected chi connectivity index (χ4v) is 6.18. The van der Waals surface area contributed by atoms with Crippen LogP contribution in [0.1, 0.15) is 18.0 Å². The Hall–Kier alpha value is -3.60. The molecule has 2 heterocycles. The molecule has 4 aromatic rings. The third kappa shape index (κ3) is 4.63. The Balaban J connectivity index is 1.74. The fraction of sp³-hybridized carbons (Fsp3) is 0.231. The Bertz CT molecular complexity index is 1610. The summed E-state index contributed by atoms with van der Waals surface area (Å²) < 4.78 is 34.5. The Labute approximate surface area is 218 Å². The molecular weight excluding hydrogens is 516 g/mol. The second kappa shape index (κ2) is 10.0. The summed E-state index contributed by atoms with van der Waals surface area (Å²) in [6.07, 6.45) is 0.752. The van der Waals surface area contributed by atoms with Crippen molar-refractivity contribution < 1.29 is 17.9 Å². The van der Waals surface area contributed by atoms with Gasteiger partial charge in [0.2, 0.25) is 5.91 Å². The van der Waals surface area contributed by atoms with Crippen molar-refractivity contribution in [2.75, 3.05) is 20.2 Å². The summed E-state index contributed by atoms with van der Waals surface area (Å²) in [7, 11) is -2.86. The molecule has 1 fully saturated rings. The minimum atomic E-state index is -4.33. The monoisotopic (exact) mass is 540 g/mol. The lowest BCUT2D eigenvalue weighted by Gasteiger charge is -2.21. The van der Waals surface area contributed by atoms with Crippen molar-refractivity contribution >= 4 is 38.6 Å². The van der Waals surface area contributed by atoms with Crippen molar-refractivity contribution in [1.29, 1.82) is 0 Å². The van der Waals surface area contributed by atoms with Gasteiger partial charge in [-0.15, -0.1) is 0 Å². The van der Waals surface area contributed by atoms with E-state index >= 15 is 0 Å². The number of methoxy groups -OCH3 is 1. The number of fused-ring (bicyclic) bond motifs is 1. The molecule has 0 bridgehead atoms. The average Bonchev–Trinajstić information content (AvgIpc) is 3.51. The normalized spacial score (nSPS) is 16.5. The van der Waals surface area contributed by atoms with Gasteiger partial charge in [0.25, 0.3) is 10.0 Å². The summed E-state index contributed by atoms with van der Waals surface area (Å²) >= 11 is 6.29. The molecule has 2 N–H and O–H groups in total. The van der Waals surface area contributed by atoms with Gasteiger partial charge in [-0.3, -0.25) is 9.36 Å². The number of hydrogen-bond donors (Lipinski definition) is 2. The summed E-state index contributed by atoms with van der Waals surface area (Å²) in [5.41, 5.74) is 0.000167. The zero-order chi connectivity index (χ0) is 26.2. The molecule has 2 atom stereocenters. The number of carbonyl (C=O) groups is 1. The van der Waals surface area contributed by atoms with Crippen LogP contribution in [0.2, 0.25) is 5.02 Å². The quantitative estimate of drug-likeness (QED) is 0.373. The Kier molecular flexibility index (Phi) is 6.80. The first kappa shape index (κ1) is 25.1. The van der Waals surface area contributed by atoms with E-state index in [2.05, 4.69) is 10.6 Å². The van der Waals surface area contributed by atoms with E-state index in [1.165, 1.54) is 54.1 Å². The van der Waals surface area contributed by atoms with E-state index in [4.69, 9.17) is 16.3 Å². The number of nitrogens with one attached hydrogen (secondary N) is 2. The number of benzene rings is 3. The van der Waals surface area contributed by atoms with E-state index in [-0.39, 0.29) is 22.0 Å². The van der Waals surface area contributed by atoms with Crippen molar-refractivity contribution in [3.8, 4) is 5.75 Å². The van der Waals surface area contributed by atoms with Gasteiger partial charge in [-0.25, -0.2) is 13.2 Å². The number of rotatable bonds is 7. The van der Waals surface area contributed by atoms with Crippen LogP contribution in [0, 0.1) is 0 Å².